The van der Waals surface area contributed by atoms with Crippen LogP contribution in [-0.2, 0) is 9.53 Å². The highest BCUT2D eigenvalue weighted by molar-refractivity contribution is 7.99. The summed E-state index contributed by atoms with van der Waals surface area (Å²) in [5.74, 6) is 0.126. The number of thioether (sulfide) groups is 1. The molecule has 0 fully saturated rings. The molecule has 25 heavy (non-hydrogen) atoms. The molecule has 0 unspecified atom stereocenters. The number of nitrogens with one attached hydrogen (secondary N) is 2. The third kappa shape index (κ3) is 5.98. The van der Waals surface area contributed by atoms with Gasteiger partial charge in [0.2, 0.25) is 11.1 Å². The van der Waals surface area contributed by atoms with E-state index < -0.39 is 11.9 Å². The van der Waals surface area contributed by atoms with Crippen LogP contribution in [0.5, 0.6) is 0 Å². The van der Waals surface area contributed by atoms with E-state index in [4.69, 9.17) is 4.74 Å². The van der Waals surface area contributed by atoms with Gasteiger partial charge >= 0.3 is 6.03 Å². The number of aromatic nitrogens is 4. The molecule has 10 heteroatoms. The zero-order valence-corrected chi connectivity index (χ0v) is 15.4. The molecule has 0 saturated heterocycles. The summed E-state index contributed by atoms with van der Waals surface area (Å²) in [5, 5.41) is 9.60. The maximum absolute atomic E-state index is 11.8. The minimum Gasteiger partial charge on any atom is -0.382 e. The molecular formula is C15H22N6O3S. The molecule has 2 rings (SSSR count). The first kappa shape index (κ1) is 19.1. The van der Waals surface area contributed by atoms with Gasteiger partial charge in [-0.15, -0.1) is 5.10 Å². The lowest BCUT2D eigenvalue weighted by Gasteiger charge is -2.06. The van der Waals surface area contributed by atoms with Crippen molar-refractivity contribution < 1.29 is 14.3 Å². The number of imide groups is 1. The Bertz CT molecular complexity index is 748. The summed E-state index contributed by atoms with van der Waals surface area (Å²) in [6.07, 6.45) is 0.696. The Morgan fingerprint density at radius 1 is 1.32 bits per heavy atom. The first-order chi connectivity index (χ1) is 12.0. The van der Waals surface area contributed by atoms with Crippen LogP contribution < -0.4 is 10.6 Å². The summed E-state index contributed by atoms with van der Waals surface area (Å²) in [5.41, 5.74) is 1.77. The number of hydrogen-bond acceptors (Lipinski definition) is 7. The zero-order chi connectivity index (χ0) is 18.2. The molecule has 9 nitrogen and oxygen atoms in total. The fraction of sp³-hybridized carbons (Fsp3) is 0.533. The Labute approximate surface area is 149 Å². The van der Waals surface area contributed by atoms with Gasteiger partial charge in [0, 0.05) is 31.1 Å². The average Bonchev–Trinajstić information content (AvgIpc) is 2.96. The molecule has 2 aromatic heterocycles. The summed E-state index contributed by atoms with van der Waals surface area (Å²) in [6, 6.07) is 1.39. The molecule has 3 amide bonds. The Hall–Kier alpha value is -2.20. The van der Waals surface area contributed by atoms with Gasteiger partial charge in [0.25, 0.3) is 5.78 Å². The van der Waals surface area contributed by atoms with Crippen LogP contribution in [0.4, 0.5) is 4.79 Å². The van der Waals surface area contributed by atoms with Crippen molar-refractivity contribution >= 4 is 29.5 Å². The van der Waals surface area contributed by atoms with Gasteiger partial charge in [-0.2, -0.15) is 4.98 Å². The molecule has 0 aromatic carbocycles. The average molecular weight is 366 g/mol. The maximum atomic E-state index is 11.8. The van der Waals surface area contributed by atoms with Crippen LogP contribution >= 0.6 is 11.8 Å². The molecule has 0 bridgehead atoms. The number of aryl methyl sites for hydroxylation is 2. The highest BCUT2D eigenvalue weighted by Crippen LogP contribution is 2.14. The second-order valence-electron chi connectivity index (χ2n) is 5.29. The van der Waals surface area contributed by atoms with Gasteiger partial charge in [-0.05, 0) is 33.3 Å². The van der Waals surface area contributed by atoms with Crippen molar-refractivity contribution in [1.29, 1.82) is 0 Å². The number of nitrogens with zero attached hydrogens (tertiary/aromatic N) is 4. The summed E-state index contributed by atoms with van der Waals surface area (Å²) < 4.78 is 6.78. The molecule has 2 N–H and O–H groups in total. The van der Waals surface area contributed by atoms with Gasteiger partial charge in [-0.3, -0.25) is 10.1 Å². The van der Waals surface area contributed by atoms with Gasteiger partial charge < -0.3 is 10.1 Å². The van der Waals surface area contributed by atoms with E-state index in [9.17, 15) is 9.59 Å². The lowest BCUT2D eigenvalue weighted by atomic mass is 10.4. The van der Waals surface area contributed by atoms with Gasteiger partial charge in [-0.25, -0.2) is 14.3 Å². The Morgan fingerprint density at radius 3 is 2.88 bits per heavy atom. The monoisotopic (exact) mass is 366 g/mol. The largest absolute Gasteiger partial charge is 0.382 e. The van der Waals surface area contributed by atoms with Crippen molar-refractivity contribution in [2.75, 3.05) is 25.5 Å². The molecule has 0 aliphatic rings. The van der Waals surface area contributed by atoms with Crippen molar-refractivity contribution in [3.05, 3.63) is 17.5 Å². The summed E-state index contributed by atoms with van der Waals surface area (Å²) in [7, 11) is 0. The Kier molecular flexibility index (Phi) is 7.14. The van der Waals surface area contributed by atoms with E-state index in [0.717, 1.165) is 23.1 Å². The second-order valence-corrected chi connectivity index (χ2v) is 6.23. The van der Waals surface area contributed by atoms with Gasteiger partial charge in [0.15, 0.2) is 0 Å². The first-order valence-electron chi connectivity index (χ1n) is 7.99. The number of carbonyl (C=O) groups excluding carboxylic acids is 2. The van der Waals surface area contributed by atoms with Crippen LogP contribution in [0.25, 0.3) is 5.78 Å². The lowest BCUT2D eigenvalue weighted by Crippen LogP contribution is -2.40. The number of fused-ring (bicyclic) bond motifs is 1. The SMILES string of the molecule is CCOCCCNC(=O)NC(=O)CSc1nc2nc(C)cc(C)n2n1. The standard InChI is InChI=1S/C15H22N6O3S/c1-4-24-7-5-6-16-14(23)18-12(22)9-25-15-19-13-17-10(2)8-11(3)21(13)20-15/h8H,4-7,9H2,1-3H3,(H2,16,18,22,23). The Morgan fingerprint density at radius 2 is 2.12 bits per heavy atom. The quantitative estimate of drug-likeness (QED) is 0.531. The topological polar surface area (TPSA) is 111 Å². The summed E-state index contributed by atoms with van der Waals surface area (Å²) >= 11 is 1.15. The number of amides is 3. The minimum atomic E-state index is -0.516. The van der Waals surface area contributed by atoms with Crippen molar-refractivity contribution in [3.8, 4) is 0 Å². The van der Waals surface area contributed by atoms with E-state index in [2.05, 4.69) is 25.7 Å². The number of ether oxygens (including phenoxy) is 1. The molecule has 2 heterocycles. The summed E-state index contributed by atoms with van der Waals surface area (Å²) in [6.45, 7) is 7.38. The third-order valence-corrected chi connectivity index (χ3v) is 3.98. The van der Waals surface area contributed by atoms with E-state index in [0.29, 0.717) is 37.1 Å². The van der Waals surface area contributed by atoms with Crippen molar-refractivity contribution in [3.63, 3.8) is 0 Å². The first-order valence-corrected chi connectivity index (χ1v) is 8.97. The predicted octanol–water partition coefficient (Wildman–Crippen LogP) is 1.09. The minimum absolute atomic E-state index is 0.0429. The molecule has 0 atom stereocenters. The Balaban J connectivity index is 1.76. The smallest absolute Gasteiger partial charge is 0.321 e. The number of rotatable bonds is 8. The van der Waals surface area contributed by atoms with Crippen LogP contribution in [0.3, 0.4) is 0 Å². The third-order valence-electron chi connectivity index (χ3n) is 3.14. The van der Waals surface area contributed by atoms with E-state index in [1.54, 1.807) is 4.52 Å². The lowest BCUT2D eigenvalue weighted by molar-refractivity contribution is -0.117. The molecular weight excluding hydrogens is 344 g/mol. The maximum Gasteiger partial charge on any atom is 0.321 e. The van der Waals surface area contributed by atoms with Gasteiger partial charge in [-0.1, -0.05) is 11.8 Å². The van der Waals surface area contributed by atoms with Crippen molar-refractivity contribution in [2.45, 2.75) is 32.3 Å². The van der Waals surface area contributed by atoms with Crippen molar-refractivity contribution in [2.24, 2.45) is 0 Å². The molecule has 0 aliphatic carbocycles. The van der Waals surface area contributed by atoms with Gasteiger partial charge in [0.1, 0.15) is 0 Å². The van der Waals surface area contributed by atoms with Crippen LogP contribution in [0.2, 0.25) is 0 Å². The molecule has 136 valence electrons. The van der Waals surface area contributed by atoms with E-state index in [1.165, 1.54) is 0 Å². The summed E-state index contributed by atoms with van der Waals surface area (Å²) in [4.78, 5) is 31.9. The number of urea groups is 1. The van der Waals surface area contributed by atoms with E-state index >= 15 is 0 Å². The molecule has 0 spiro atoms. The molecule has 0 saturated carbocycles. The molecule has 0 radical (unpaired) electrons. The van der Waals surface area contributed by atoms with Gasteiger partial charge in [0.05, 0.1) is 5.75 Å². The zero-order valence-electron chi connectivity index (χ0n) is 14.5. The van der Waals surface area contributed by atoms with Crippen LogP contribution in [0.15, 0.2) is 11.2 Å². The second kappa shape index (κ2) is 9.33. The fourth-order valence-corrected chi connectivity index (χ4v) is 2.68. The number of hydrogen-bond donors (Lipinski definition) is 2. The number of carbonyl (C=O) groups is 2. The predicted molar refractivity (Wildman–Crippen MR) is 93.6 cm³/mol. The fourth-order valence-electron chi connectivity index (χ4n) is 2.07. The normalized spacial score (nSPS) is 10.8. The molecule has 2 aromatic rings. The molecule has 0 aliphatic heterocycles. The van der Waals surface area contributed by atoms with E-state index in [-0.39, 0.29) is 5.75 Å². The highest BCUT2D eigenvalue weighted by atomic mass is 32.2. The van der Waals surface area contributed by atoms with Crippen LogP contribution in [0.1, 0.15) is 24.7 Å². The van der Waals surface area contributed by atoms with Crippen LogP contribution in [-0.4, -0.2) is 57.0 Å². The van der Waals surface area contributed by atoms with E-state index in [1.807, 2.05) is 26.8 Å². The van der Waals surface area contributed by atoms with Crippen molar-refractivity contribution in [1.82, 2.24) is 30.2 Å². The van der Waals surface area contributed by atoms with Crippen LogP contribution in [0, 0.1) is 13.8 Å². The highest BCUT2D eigenvalue weighted by Gasteiger charge is 2.12.